The molecule has 0 N–H and O–H groups in total. The fraction of sp³-hybridized carbons (Fsp3) is 0.176. The Hall–Kier alpha value is -2.53. The van der Waals surface area contributed by atoms with Gasteiger partial charge in [-0.25, -0.2) is 0 Å². The minimum atomic E-state index is -1.25. The second-order valence-corrected chi connectivity index (χ2v) is 5.06. The van der Waals surface area contributed by atoms with Crippen LogP contribution in [0.15, 0.2) is 36.4 Å². The van der Waals surface area contributed by atoms with Crippen molar-refractivity contribution in [1.29, 1.82) is 0 Å². The van der Waals surface area contributed by atoms with Crippen LogP contribution in [0.1, 0.15) is 33.2 Å². The van der Waals surface area contributed by atoms with Gasteiger partial charge in [0.25, 0.3) is 0 Å². The number of carbonyl (C=O) groups is 2. The average Bonchev–Trinajstić information content (AvgIpc) is 2.54. The lowest BCUT2D eigenvalue weighted by Gasteiger charge is -2.14. The summed E-state index contributed by atoms with van der Waals surface area (Å²) in [4.78, 5) is 21.8. The number of hydrogen-bond donors (Lipinski definition) is 0. The van der Waals surface area contributed by atoms with E-state index in [0.29, 0.717) is 35.5 Å². The molecule has 0 unspecified atom stereocenters. The van der Waals surface area contributed by atoms with Crippen molar-refractivity contribution in [1.82, 2.24) is 0 Å². The first-order chi connectivity index (χ1) is 11.0. The highest BCUT2D eigenvalue weighted by Gasteiger charge is 2.13. The summed E-state index contributed by atoms with van der Waals surface area (Å²) < 4.78 is 11.1. The van der Waals surface area contributed by atoms with Crippen LogP contribution in [0.2, 0.25) is 5.02 Å². The third kappa shape index (κ3) is 4.23. The molecule has 0 radical (unpaired) electrons. The maximum Gasteiger partial charge on any atom is 0.180 e. The molecule has 0 saturated carbocycles. The van der Waals surface area contributed by atoms with Crippen molar-refractivity contribution >= 4 is 23.9 Å². The molecule has 120 valence electrons. The molecule has 5 nitrogen and oxygen atoms in total. The Labute approximate surface area is 138 Å². The van der Waals surface area contributed by atoms with Crippen LogP contribution in [-0.4, -0.2) is 18.9 Å². The van der Waals surface area contributed by atoms with E-state index in [1.165, 1.54) is 24.3 Å². The third-order valence-electron chi connectivity index (χ3n) is 3.01. The van der Waals surface area contributed by atoms with E-state index < -0.39 is 5.97 Å². The van der Waals surface area contributed by atoms with Crippen molar-refractivity contribution < 1.29 is 24.2 Å². The van der Waals surface area contributed by atoms with Gasteiger partial charge in [0.05, 0.1) is 17.6 Å². The fourth-order valence-corrected chi connectivity index (χ4v) is 2.28. The van der Waals surface area contributed by atoms with E-state index in [-0.39, 0.29) is 17.2 Å². The monoisotopic (exact) mass is 333 g/mol. The number of hydrogen-bond acceptors (Lipinski definition) is 5. The lowest BCUT2D eigenvalue weighted by Crippen LogP contribution is -2.22. The molecule has 0 fully saturated rings. The van der Waals surface area contributed by atoms with Crippen molar-refractivity contribution in [3.05, 3.63) is 58.1 Å². The van der Waals surface area contributed by atoms with E-state index in [2.05, 4.69) is 0 Å². The molecule has 0 spiro atoms. The van der Waals surface area contributed by atoms with Crippen LogP contribution in [0.5, 0.6) is 11.5 Å². The number of carboxylic acids is 1. The Balaban J connectivity index is 2.24. The molecule has 2 aromatic rings. The molecule has 0 aromatic heterocycles. The van der Waals surface area contributed by atoms with Crippen LogP contribution in [0.3, 0.4) is 0 Å². The molecule has 0 amide bonds. The summed E-state index contributed by atoms with van der Waals surface area (Å²) in [6.07, 6.45) is 0.668. The first kappa shape index (κ1) is 16.8. The van der Waals surface area contributed by atoms with Crippen molar-refractivity contribution in [2.24, 2.45) is 0 Å². The van der Waals surface area contributed by atoms with Crippen molar-refractivity contribution in [2.75, 3.05) is 6.61 Å². The van der Waals surface area contributed by atoms with Gasteiger partial charge in [0.15, 0.2) is 11.5 Å². The van der Waals surface area contributed by atoms with Gasteiger partial charge in [0, 0.05) is 5.56 Å². The largest absolute Gasteiger partial charge is 0.545 e. The van der Waals surface area contributed by atoms with Gasteiger partial charge in [0.1, 0.15) is 12.9 Å². The molecule has 0 atom stereocenters. The summed E-state index contributed by atoms with van der Waals surface area (Å²) in [5, 5.41) is 11.1. The Morgan fingerprint density at radius 1 is 1.26 bits per heavy atom. The lowest BCUT2D eigenvalue weighted by atomic mass is 10.1. The van der Waals surface area contributed by atoms with Gasteiger partial charge >= 0.3 is 0 Å². The highest BCUT2D eigenvalue weighted by atomic mass is 35.5. The second kappa shape index (κ2) is 7.65. The Morgan fingerprint density at radius 2 is 2.04 bits per heavy atom. The van der Waals surface area contributed by atoms with Gasteiger partial charge in [-0.05, 0) is 36.2 Å². The molecule has 2 rings (SSSR count). The molecule has 6 heteroatoms. The van der Waals surface area contributed by atoms with Gasteiger partial charge < -0.3 is 19.4 Å². The Bertz CT molecular complexity index is 727. The molecule has 0 heterocycles. The maximum absolute atomic E-state index is 10.9. The molecule has 23 heavy (non-hydrogen) atoms. The SMILES string of the molecule is CCOc1cc(C=O)cc(Cl)c1OCc1cccc(C(=O)[O-])c1. The minimum Gasteiger partial charge on any atom is -0.545 e. The highest BCUT2D eigenvalue weighted by Crippen LogP contribution is 2.36. The first-order valence-corrected chi connectivity index (χ1v) is 7.27. The van der Waals surface area contributed by atoms with Crippen LogP contribution in [-0.2, 0) is 6.61 Å². The zero-order chi connectivity index (χ0) is 16.8. The van der Waals surface area contributed by atoms with Gasteiger partial charge in [-0.3, -0.25) is 4.79 Å². The Morgan fingerprint density at radius 3 is 2.70 bits per heavy atom. The van der Waals surface area contributed by atoms with E-state index in [1.54, 1.807) is 19.1 Å². The molecular formula is C17H14ClO5-. The van der Waals surface area contributed by atoms with E-state index in [4.69, 9.17) is 21.1 Å². The maximum atomic E-state index is 10.9. The number of aromatic carboxylic acids is 1. The van der Waals surface area contributed by atoms with E-state index in [0.717, 1.165) is 0 Å². The normalized spacial score (nSPS) is 10.2. The zero-order valence-corrected chi connectivity index (χ0v) is 13.1. The summed E-state index contributed by atoms with van der Waals surface area (Å²) in [6, 6.07) is 9.24. The number of ether oxygens (including phenoxy) is 2. The smallest absolute Gasteiger partial charge is 0.180 e. The predicted octanol–water partition coefficient (Wildman–Crippen LogP) is 2.49. The van der Waals surface area contributed by atoms with E-state index >= 15 is 0 Å². The number of carboxylic acid groups (broad SMARTS) is 1. The summed E-state index contributed by atoms with van der Waals surface area (Å²) in [5.74, 6) is -0.591. The highest BCUT2D eigenvalue weighted by molar-refractivity contribution is 6.32. The van der Waals surface area contributed by atoms with E-state index in [9.17, 15) is 14.7 Å². The van der Waals surface area contributed by atoms with Gasteiger partial charge in [0.2, 0.25) is 0 Å². The summed E-state index contributed by atoms with van der Waals surface area (Å²) in [6.45, 7) is 2.28. The summed E-state index contributed by atoms with van der Waals surface area (Å²) in [5.41, 5.74) is 1.09. The molecular weight excluding hydrogens is 320 g/mol. The van der Waals surface area contributed by atoms with Crippen LogP contribution in [0, 0.1) is 0 Å². The van der Waals surface area contributed by atoms with Crippen LogP contribution in [0.25, 0.3) is 0 Å². The summed E-state index contributed by atoms with van der Waals surface area (Å²) in [7, 11) is 0. The molecule has 0 saturated heterocycles. The number of halogens is 1. The van der Waals surface area contributed by atoms with Crippen molar-refractivity contribution in [2.45, 2.75) is 13.5 Å². The number of aldehydes is 1. The zero-order valence-electron chi connectivity index (χ0n) is 12.4. The first-order valence-electron chi connectivity index (χ1n) is 6.89. The van der Waals surface area contributed by atoms with E-state index in [1.807, 2.05) is 0 Å². The standard InChI is InChI=1S/C17H15ClO5/c1-2-22-15-8-12(9-19)7-14(18)16(15)23-10-11-4-3-5-13(6-11)17(20)21/h3-9H,2,10H2,1H3,(H,20,21)/p-1. The minimum absolute atomic E-state index is 0.0681. The van der Waals surface area contributed by atoms with Gasteiger partial charge in [-0.1, -0.05) is 29.8 Å². The number of rotatable bonds is 7. The quantitative estimate of drug-likeness (QED) is 0.728. The molecule has 0 bridgehead atoms. The van der Waals surface area contributed by atoms with Crippen LogP contribution < -0.4 is 14.6 Å². The lowest BCUT2D eigenvalue weighted by molar-refractivity contribution is -0.255. The Kier molecular flexibility index (Phi) is 5.60. The predicted molar refractivity (Wildman–Crippen MR) is 83.1 cm³/mol. The molecule has 0 aliphatic rings. The van der Waals surface area contributed by atoms with Crippen LogP contribution in [0.4, 0.5) is 0 Å². The van der Waals surface area contributed by atoms with Crippen molar-refractivity contribution in [3.63, 3.8) is 0 Å². The molecule has 2 aromatic carbocycles. The molecule has 0 aliphatic carbocycles. The number of benzene rings is 2. The molecule has 0 aliphatic heterocycles. The van der Waals surface area contributed by atoms with Gasteiger partial charge in [-0.2, -0.15) is 0 Å². The summed E-state index contributed by atoms with van der Waals surface area (Å²) >= 11 is 6.13. The van der Waals surface area contributed by atoms with Crippen LogP contribution >= 0.6 is 11.6 Å². The number of carbonyl (C=O) groups excluding carboxylic acids is 2. The average molecular weight is 334 g/mol. The second-order valence-electron chi connectivity index (χ2n) is 4.66. The fourth-order valence-electron chi connectivity index (χ4n) is 2.00. The van der Waals surface area contributed by atoms with Gasteiger partial charge in [-0.15, -0.1) is 0 Å². The third-order valence-corrected chi connectivity index (χ3v) is 3.29. The van der Waals surface area contributed by atoms with Crippen molar-refractivity contribution in [3.8, 4) is 11.5 Å². The topological polar surface area (TPSA) is 75.7 Å².